The van der Waals surface area contributed by atoms with Gasteiger partial charge in [0.05, 0.1) is 11.1 Å². The number of piperazine rings is 1. The van der Waals surface area contributed by atoms with E-state index in [9.17, 15) is 13.2 Å². The highest BCUT2D eigenvalue weighted by Gasteiger charge is 2.31. The van der Waals surface area contributed by atoms with Crippen molar-refractivity contribution < 1.29 is 17.6 Å². The van der Waals surface area contributed by atoms with E-state index in [-0.39, 0.29) is 25.4 Å². The molecular weight excluding hydrogens is 462 g/mol. The third kappa shape index (κ3) is 5.29. The van der Waals surface area contributed by atoms with Gasteiger partial charge in [0.2, 0.25) is 15.9 Å². The fourth-order valence-corrected chi connectivity index (χ4v) is 5.71. The molecule has 0 bridgehead atoms. The summed E-state index contributed by atoms with van der Waals surface area (Å²) >= 11 is 5.92. The van der Waals surface area contributed by atoms with Crippen LogP contribution >= 0.6 is 11.6 Å². The van der Waals surface area contributed by atoms with Crippen LogP contribution in [0.4, 0.5) is 0 Å². The van der Waals surface area contributed by atoms with Gasteiger partial charge in [0.15, 0.2) is 11.7 Å². The number of hydrogen-bond donors (Lipinski definition) is 0. The standard InChI is InChI=1S/C24H26ClN3O4S/c1-17-3-4-18(2)22(15-17)33(30,31)28-13-11-27(12-14-28)24(29)10-9-23-26-16-21(32-23)19-5-7-20(25)8-6-19/h3-8,15-16H,9-14H2,1-2H3. The van der Waals surface area contributed by atoms with Gasteiger partial charge in [-0.1, -0.05) is 23.7 Å². The van der Waals surface area contributed by atoms with Gasteiger partial charge in [0.1, 0.15) is 0 Å². The van der Waals surface area contributed by atoms with Crippen LogP contribution in [0.3, 0.4) is 0 Å². The van der Waals surface area contributed by atoms with E-state index in [4.69, 9.17) is 16.0 Å². The van der Waals surface area contributed by atoms with Crippen LogP contribution in [0.15, 0.2) is 58.0 Å². The van der Waals surface area contributed by atoms with Gasteiger partial charge < -0.3 is 9.32 Å². The number of hydrogen-bond acceptors (Lipinski definition) is 5. The lowest BCUT2D eigenvalue weighted by atomic mass is 10.2. The average molecular weight is 488 g/mol. The molecular formula is C24H26ClN3O4S. The zero-order valence-electron chi connectivity index (χ0n) is 18.6. The Morgan fingerprint density at radius 1 is 1.06 bits per heavy atom. The highest BCUT2D eigenvalue weighted by Crippen LogP contribution is 2.24. The maximum atomic E-state index is 13.1. The van der Waals surface area contributed by atoms with E-state index in [1.165, 1.54) is 4.31 Å². The van der Waals surface area contributed by atoms with E-state index >= 15 is 0 Å². The minimum atomic E-state index is -3.58. The van der Waals surface area contributed by atoms with Gasteiger partial charge in [0.25, 0.3) is 0 Å². The molecule has 0 N–H and O–H groups in total. The van der Waals surface area contributed by atoms with Gasteiger partial charge in [0, 0.05) is 49.6 Å². The third-order valence-corrected chi connectivity index (χ3v) is 8.08. The van der Waals surface area contributed by atoms with Gasteiger partial charge in [-0.3, -0.25) is 4.79 Å². The summed E-state index contributed by atoms with van der Waals surface area (Å²) in [4.78, 5) is 19.0. The summed E-state index contributed by atoms with van der Waals surface area (Å²) in [6.45, 7) is 4.96. The maximum Gasteiger partial charge on any atom is 0.243 e. The first-order chi connectivity index (χ1) is 15.7. The van der Waals surface area contributed by atoms with E-state index in [1.807, 2.05) is 31.2 Å². The maximum absolute atomic E-state index is 13.1. The third-order valence-electron chi connectivity index (χ3n) is 5.79. The second-order valence-electron chi connectivity index (χ2n) is 8.18. The minimum absolute atomic E-state index is 0.0370. The fourth-order valence-electron chi connectivity index (χ4n) is 3.85. The summed E-state index contributed by atoms with van der Waals surface area (Å²) in [5.74, 6) is 1.08. The predicted molar refractivity (Wildman–Crippen MR) is 127 cm³/mol. The normalized spacial score (nSPS) is 15.1. The number of nitrogens with zero attached hydrogens (tertiary/aromatic N) is 3. The van der Waals surface area contributed by atoms with Crippen molar-refractivity contribution in [2.24, 2.45) is 0 Å². The van der Waals surface area contributed by atoms with Crippen molar-refractivity contribution in [3.05, 3.63) is 70.7 Å². The van der Waals surface area contributed by atoms with Crippen LogP contribution in [0.1, 0.15) is 23.4 Å². The molecule has 0 atom stereocenters. The zero-order chi connectivity index (χ0) is 23.6. The SMILES string of the molecule is Cc1ccc(C)c(S(=O)(=O)N2CCN(C(=O)CCc3ncc(-c4ccc(Cl)cc4)o3)CC2)c1. The van der Waals surface area contributed by atoms with Crippen LogP contribution in [0.5, 0.6) is 0 Å². The molecule has 33 heavy (non-hydrogen) atoms. The second-order valence-corrected chi connectivity index (χ2v) is 10.5. The van der Waals surface area contributed by atoms with Crippen LogP contribution in [0, 0.1) is 13.8 Å². The predicted octanol–water partition coefficient (Wildman–Crippen LogP) is 4.08. The lowest BCUT2D eigenvalue weighted by Crippen LogP contribution is -2.50. The highest BCUT2D eigenvalue weighted by molar-refractivity contribution is 7.89. The fraction of sp³-hybridized carbons (Fsp3) is 0.333. The van der Waals surface area contributed by atoms with E-state index in [0.717, 1.165) is 16.7 Å². The molecule has 0 unspecified atom stereocenters. The summed E-state index contributed by atoms with van der Waals surface area (Å²) in [7, 11) is -3.58. The Morgan fingerprint density at radius 2 is 1.76 bits per heavy atom. The van der Waals surface area contributed by atoms with E-state index in [2.05, 4.69) is 4.98 Å². The van der Waals surface area contributed by atoms with Crippen LogP contribution < -0.4 is 0 Å². The monoisotopic (exact) mass is 487 g/mol. The first-order valence-corrected chi connectivity index (χ1v) is 12.6. The molecule has 7 nitrogen and oxygen atoms in total. The molecule has 1 amide bonds. The summed E-state index contributed by atoms with van der Waals surface area (Å²) < 4.78 is 33.4. The minimum Gasteiger partial charge on any atom is -0.441 e. The number of carbonyl (C=O) groups excluding carboxylic acids is 1. The van der Waals surface area contributed by atoms with Crippen molar-refractivity contribution in [2.45, 2.75) is 31.6 Å². The average Bonchev–Trinajstić information content (AvgIpc) is 3.28. The number of sulfonamides is 1. The lowest BCUT2D eigenvalue weighted by molar-refractivity contribution is -0.132. The zero-order valence-corrected chi connectivity index (χ0v) is 20.2. The molecule has 9 heteroatoms. The van der Waals surface area contributed by atoms with Crippen LogP contribution in [-0.2, 0) is 21.2 Å². The molecule has 0 spiro atoms. The first kappa shape index (κ1) is 23.5. The van der Waals surface area contributed by atoms with Crippen molar-refractivity contribution in [2.75, 3.05) is 26.2 Å². The van der Waals surface area contributed by atoms with E-state index in [1.54, 1.807) is 36.2 Å². The molecule has 0 aliphatic carbocycles. The van der Waals surface area contributed by atoms with Crippen LogP contribution in [0.2, 0.25) is 5.02 Å². The van der Waals surface area contributed by atoms with Gasteiger partial charge in [-0.2, -0.15) is 4.31 Å². The summed E-state index contributed by atoms with van der Waals surface area (Å²) in [5.41, 5.74) is 2.49. The Bertz CT molecular complexity index is 1250. The largest absolute Gasteiger partial charge is 0.441 e. The quantitative estimate of drug-likeness (QED) is 0.523. The number of benzene rings is 2. The van der Waals surface area contributed by atoms with Gasteiger partial charge >= 0.3 is 0 Å². The Morgan fingerprint density at radius 3 is 2.45 bits per heavy atom. The highest BCUT2D eigenvalue weighted by atomic mass is 35.5. The van der Waals surface area contributed by atoms with Crippen molar-refractivity contribution in [3.8, 4) is 11.3 Å². The number of carbonyl (C=O) groups is 1. The molecule has 2 aromatic carbocycles. The molecule has 1 aromatic heterocycles. The van der Waals surface area contributed by atoms with Crippen molar-refractivity contribution in [1.82, 2.24) is 14.2 Å². The van der Waals surface area contributed by atoms with Crippen LogP contribution in [0.25, 0.3) is 11.3 Å². The molecule has 1 aliphatic heterocycles. The first-order valence-electron chi connectivity index (χ1n) is 10.8. The number of rotatable bonds is 6. The molecule has 3 aromatic rings. The van der Waals surface area contributed by atoms with Crippen LogP contribution in [-0.4, -0.2) is 54.7 Å². The van der Waals surface area contributed by atoms with Gasteiger partial charge in [-0.05, 0) is 55.3 Å². The Labute approximate surface area is 199 Å². The van der Waals surface area contributed by atoms with Crippen molar-refractivity contribution in [3.63, 3.8) is 0 Å². The molecule has 1 fully saturated rings. The van der Waals surface area contributed by atoms with Crippen molar-refractivity contribution in [1.29, 1.82) is 0 Å². The van der Waals surface area contributed by atoms with Gasteiger partial charge in [-0.15, -0.1) is 0 Å². The summed E-state index contributed by atoms with van der Waals surface area (Å²) in [6.07, 6.45) is 2.28. The summed E-state index contributed by atoms with van der Waals surface area (Å²) in [5, 5.41) is 0.644. The number of aromatic nitrogens is 1. The molecule has 4 rings (SSSR count). The lowest BCUT2D eigenvalue weighted by Gasteiger charge is -2.34. The van der Waals surface area contributed by atoms with Gasteiger partial charge in [-0.25, -0.2) is 13.4 Å². The molecule has 1 saturated heterocycles. The molecule has 0 saturated carbocycles. The number of oxazole rings is 1. The number of halogens is 1. The topological polar surface area (TPSA) is 83.7 Å². The molecule has 2 heterocycles. The van der Waals surface area contributed by atoms with E-state index in [0.29, 0.717) is 41.1 Å². The Kier molecular flexibility index (Phi) is 6.88. The van der Waals surface area contributed by atoms with Crippen molar-refractivity contribution >= 4 is 27.5 Å². The Hall–Kier alpha value is -2.68. The summed E-state index contributed by atoms with van der Waals surface area (Å²) in [6, 6.07) is 12.7. The number of aryl methyl sites for hydroxylation is 3. The second kappa shape index (κ2) is 9.67. The number of amides is 1. The molecule has 0 radical (unpaired) electrons. The van der Waals surface area contributed by atoms with E-state index < -0.39 is 10.0 Å². The molecule has 1 aliphatic rings. The Balaban J connectivity index is 1.32. The molecule has 174 valence electrons. The smallest absolute Gasteiger partial charge is 0.243 e.